The highest BCUT2D eigenvalue weighted by Gasteiger charge is 1.85. The fourth-order valence-electron chi connectivity index (χ4n) is 1.13. The van der Waals surface area contributed by atoms with E-state index in [0.717, 1.165) is 12.2 Å². The number of benzene rings is 2. The number of rotatable bonds is 0. The fourth-order valence-corrected chi connectivity index (χ4v) is 1.13. The van der Waals surface area contributed by atoms with E-state index in [4.69, 9.17) is 20.4 Å². The van der Waals surface area contributed by atoms with Crippen LogP contribution in [0.2, 0.25) is 0 Å². The lowest BCUT2D eigenvalue weighted by atomic mass is 10.1. The highest BCUT2D eigenvalue weighted by atomic mass is 16.1. The van der Waals surface area contributed by atoms with Crippen LogP contribution in [0, 0.1) is 10.8 Å². The first-order chi connectivity index (χ1) is 7.79. The molecule has 0 bridgehead atoms. The van der Waals surface area contributed by atoms with Gasteiger partial charge in [0.15, 0.2) is 0 Å². The van der Waals surface area contributed by atoms with Crippen LogP contribution >= 0.6 is 0 Å². The molecule has 0 aromatic heterocycles. The number of nitrogens with one attached hydrogen (secondary N) is 2. The number of hydrogen-bond donors (Lipinski definition) is 2. The molecule has 0 saturated carbocycles. The normalized spacial score (nSPS) is 7.25. The topological polar surface area (TPSA) is 81.8 Å². The molecule has 0 radical (unpaired) electrons. The third kappa shape index (κ3) is 5.25. The Kier molecular flexibility index (Phi) is 7.60. The second kappa shape index (κ2) is 9.03. The predicted octanol–water partition coefficient (Wildman–Crippen LogP) is 2.64. The molecule has 4 nitrogen and oxygen atoms in total. The molecule has 0 aliphatic carbocycles. The molecule has 0 atom stereocenters. The van der Waals surface area contributed by atoms with E-state index in [1.54, 1.807) is 0 Å². The van der Waals surface area contributed by atoms with Gasteiger partial charge in [-0.15, -0.1) is 0 Å². The first-order valence-electron chi connectivity index (χ1n) is 4.31. The molecule has 2 N–H and O–H groups in total. The lowest BCUT2D eigenvalue weighted by Crippen LogP contribution is -1.67. The summed E-state index contributed by atoms with van der Waals surface area (Å²) in [5.74, 6) is 0. The number of isocyanates is 2. The second-order valence-electron chi connectivity index (χ2n) is 2.55. The van der Waals surface area contributed by atoms with Crippen LogP contribution < -0.4 is 0 Å². The van der Waals surface area contributed by atoms with Crippen LogP contribution in [0.3, 0.4) is 0 Å². The van der Waals surface area contributed by atoms with Crippen LogP contribution in [-0.4, -0.2) is 12.2 Å². The lowest BCUT2D eigenvalue weighted by molar-refractivity contribution is 0.562. The van der Waals surface area contributed by atoms with Crippen molar-refractivity contribution in [3.05, 3.63) is 48.5 Å². The predicted molar refractivity (Wildman–Crippen MR) is 60.8 cm³/mol. The van der Waals surface area contributed by atoms with Crippen LogP contribution in [0.1, 0.15) is 0 Å². The molecule has 0 spiro atoms. The van der Waals surface area contributed by atoms with Gasteiger partial charge in [-0.2, -0.15) is 0 Å². The van der Waals surface area contributed by atoms with E-state index >= 15 is 0 Å². The van der Waals surface area contributed by atoms with Crippen molar-refractivity contribution in [1.82, 2.24) is 0 Å². The first kappa shape index (κ1) is 13.5. The van der Waals surface area contributed by atoms with Crippen LogP contribution in [0.15, 0.2) is 48.5 Å². The summed E-state index contributed by atoms with van der Waals surface area (Å²) in [7, 11) is 0. The van der Waals surface area contributed by atoms with Crippen molar-refractivity contribution in [2.24, 2.45) is 0 Å². The van der Waals surface area contributed by atoms with Crippen molar-refractivity contribution in [3.8, 4) is 0 Å². The summed E-state index contributed by atoms with van der Waals surface area (Å²) in [6, 6.07) is 16.7. The first-order valence-corrected chi connectivity index (χ1v) is 4.31. The van der Waals surface area contributed by atoms with Gasteiger partial charge in [0.05, 0.1) is 0 Å². The van der Waals surface area contributed by atoms with Crippen LogP contribution in [-0.2, 0) is 9.59 Å². The molecular formula is C12H10N2O2. The summed E-state index contributed by atoms with van der Waals surface area (Å²) in [6.45, 7) is 0. The molecule has 0 fully saturated rings. The third-order valence-electron chi connectivity index (χ3n) is 1.66. The maximum absolute atomic E-state index is 8.35. The molecule has 4 heteroatoms. The van der Waals surface area contributed by atoms with Gasteiger partial charge < -0.3 is 0 Å². The molecule has 0 amide bonds. The zero-order chi connectivity index (χ0) is 12.2. The summed E-state index contributed by atoms with van der Waals surface area (Å²) in [5, 5.41) is 13.4. The van der Waals surface area contributed by atoms with E-state index in [9.17, 15) is 0 Å². The molecule has 0 unspecified atom stereocenters. The maximum Gasteiger partial charge on any atom is 0.231 e. The molecule has 0 aliphatic rings. The van der Waals surface area contributed by atoms with Gasteiger partial charge in [-0.05, 0) is 10.8 Å². The molecule has 2 rings (SSSR count). The number of carbonyl (C=O) groups excluding carboxylic acids is 2. The van der Waals surface area contributed by atoms with Gasteiger partial charge in [0.1, 0.15) is 0 Å². The van der Waals surface area contributed by atoms with Crippen molar-refractivity contribution in [2.45, 2.75) is 0 Å². The summed E-state index contributed by atoms with van der Waals surface area (Å²) in [5.41, 5.74) is 0. The minimum atomic E-state index is 0.750. The monoisotopic (exact) mass is 214 g/mol. The Hall–Kier alpha value is -2.54. The Morgan fingerprint density at radius 3 is 1.06 bits per heavy atom. The minimum absolute atomic E-state index is 0.750. The number of hydrogen-bond acceptors (Lipinski definition) is 4. The molecule has 0 heterocycles. The van der Waals surface area contributed by atoms with E-state index in [0.29, 0.717) is 0 Å². The molecule has 80 valence electrons. The van der Waals surface area contributed by atoms with Gasteiger partial charge >= 0.3 is 0 Å². The Bertz CT molecular complexity index is 420. The third-order valence-corrected chi connectivity index (χ3v) is 1.66. The van der Waals surface area contributed by atoms with E-state index in [1.807, 2.05) is 0 Å². The highest BCUT2D eigenvalue weighted by Crippen LogP contribution is 2.11. The summed E-state index contributed by atoms with van der Waals surface area (Å²) < 4.78 is 0. The minimum Gasteiger partial charge on any atom is -0.222 e. The van der Waals surface area contributed by atoms with Crippen molar-refractivity contribution >= 4 is 22.9 Å². The highest BCUT2D eigenvalue weighted by molar-refractivity contribution is 5.81. The summed E-state index contributed by atoms with van der Waals surface area (Å²) in [6.07, 6.45) is 1.50. The maximum atomic E-state index is 8.35. The average molecular weight is 214 g/mol. The lowest BCUT2D eigenvalue weighted by Gasteiger charge is -1.92. The standard InChI is InChI=1S/C10H8.2CHNO/c1-2-6-10-8-4-3-7-9(10)5-1;2*2-1-3/h1-8H;2*2H. The second-order valence-corrected chi connectivity index (χ2v) is 2.55. The van der Waals surface area contributed by atoms with Crippen molar-refractivity contribution in [2.75, 3.05) is 0 Å². The number of fused-ring (bicyclic) bond motifs is 1. The summed E-state index contributed by atoms with van der Waals surface area (Å²) in [4.78, 5) is 16.7. The Morgan fingerprint density at radius 2 is 0.875 bits per heavy atom. The van der Waals surface area contributed by atoms with Crippen LogP contribution in [0.25, 0.3) is 10.8 Å². The van der Waals surface area contributed by atoms with Gasteiger partial charge in [0.2, 0.25) is 12.2 Å². The van der Waals surface area contributed by atoms with E-state index < -0.39 is 0 Å². The van der Waals surface area contributed by atoms with Crippen molar-refractivity contribution in [1.29, 1.82) is 10.8 Å². The van der Waals surface area contributed by atoms with Gasteiger partial charge in [0, 0.05) is 0 Å². The SMILES string of the molecule is N=C=O.N=C=O.c1ccc2ccccc2c1. The fraction of sp³-hybridized carbons (Fsp3) is 0. The zero-order valence-electron chi connectivity index (χ0n) is 8.44. The molecular weight excluding hydrogens is 204 g/mol. The van der Waals surface area contributed by atoms with Gasteiger partial charge in [-0.25, -0.2) is 20.4 Å². The molecule has 2 aromatic rings. The van der Waals surface area contributed by atoms with Crippen molar-refractivity contribution in [3.63, 3.8) is 0 Å². The molecule has 0 saturated heterocycles. The van der Waals surface area contributed by atoms with Gasteiger partial charge in [0.25, 0.3) is 0 Å². The zero-order valence-corrected chi connectivity index (χ0v) is 8.44. The van der Waals surface area contributed by atoms with Crippen LogP contribution in [0.5, 0.6) is 0 Å². The van der Waals surface area contributed by atoms with Crippen molar-refractivity contribution < 1.29 is 9.59 Å². The molecule has 16 heavy (non-hydrogen) atoms. The average Bonchev–Trinajstić information content (AvgIpc) is 2.31. The summed E-state index contributed by atoms with van der Waals surface area (Å²) >= 11 is 0. The Morgan fingerprint density at radius 1 is 0.688 bits per heavy atom. The smallest absolute Gasteiger partial charge is 0.222 e. The van der Waals surface area contributed by atoms with E-state index in [-0.39, 0.29) is 0 Å². The van der Waals surface area contributed by atoms with E-state index in [2.05, 4.69) is 48.5 Å². The Balaban J connectivity index is 0.000000321. The quantitative estimate of drug-likeness (QED) is 0.522. The van der Waals surface area contributed by atoms with E-state index in [1.165, 1.54) is 10.8 Å². The molecule has 2 aromatic carbocycles. The largest absolute Gasteiger partial charge is 0.231 e. The Labute approximate surface area is 92.5 Å². The van der Waals surface area contributed by atoms with Crippen LogP contribution in [0.4, 0.5) is 0 Å². The van der Waals surface area contributed by atoms with Gasteiger partial charge in [-0.3, -0.25) is 0 Å². The molecule has 0 aliphatic heterocycles. The van der Waals surface area contributed by atoms with Gasteiger partial charge in [-0.1, -0.05) is 48.5 Å².